The van der Waals surface area contributed by atoms with Crippen molar-refractivity contribution in [2.24, 2.45) is 10.8 Å². The van der Waals surface area contributed by atoms with E-state index in [0.717, 1.165) is 25.8 Å². The first-order chi connectivity index (χ1) is 14.9. The van der Waals surface area contributed by atoms with Crippen LogP contribution in [0.15, 0.2) is 23.1 Å². The molecule has 2 heterocycles. The molecular weight excluding hydrogens is 446 g/mol. The van der Waals surface area contributed by atoms with Gasteiger partial charge in [0, 0.05) is 31.2 Å². The van der Waals surface area contributed by atoms with Gasteiger partial charge < -0.3 is 9.64 Å². The lowest BCUT2D eigenvalue weighted by atomic mass is 9.65. The molecule has 3 fully saturated rings. The lowest BCUT2D eigenvalue weighted by Crippen LogP contribution is -2.45. The maximum atomic E-state index is 13.1. The fraction of sp³-hybridized carbons (Fsp3) is 0.652. The molecule has 1 amide bonds. The fourth-order valence-electron chi connectivity index (χ4n) is 5.88. The molecule has 2 saturated heterocycles. The monoisotopic (exact) mass is 479 g/mol. The molecular formula is C23H33N3O4S2. The number of rotatable bonds is 3. The van der Waals surface area contributed by atoms with Gasteiger partial charge in [0.05, 0.1) is 18.1 Å². The lowest BCUT2D eigenvalue weighted by molar-refractivity contribution is 0.0730. The van der Waals surface area contributed by atoms with Crippen LogP contribution in [-0.4, -0.2) is 67.5 Å². The van der Waals surface area contributed by atoms with Crippen LogP contribution in [0.2, 0.25) is 0 Å². The number of thiocarbonyl (C=S) groups is 1. The van der Waals surface area contributed by atoms with Crippen molar-refractivity contribution in [3.05, 3.63) is 29.3 Å². The number of aryl methyl sites for hydroxylation is 1. The van der Waals surface area contributed by atoms with Gasteiger partial charge in [-0.1, -0.05) is 26.8 Å². The second-order valence-corrected chi connectivity index (χ2v) is 12.9. The van der Waals surface area contributed by atoms with Crippen LogP contribution in [0.5, 0.6) is 0 Å². The zero-order valence-electron chi connectivity index (χ0n) is 19.3. The number of benzene rings is 1. The zero-order chi connectivity index (χ0) is 23.3. The van der Waals surface area contributed by atoms with Crippen LogP contribution in [0.25, 0.3) is 0 Å². The third kappa shape index (κ3) is 4.58. The zero-order valence-corrected chi connectivity index (χ0v) is 20.9. The molecule has 1 aliphatic carbocycles. The van der Waals surface area contributed by atoms with E-state index in [9.17, 15) is 13.2 Å². The number of amides is 1. The molecule has 0 spiro atoms. The SMILES string of the molecule is Cc1ccc(S(=O)(=O)N2CCOCC2)cc1C(=O)NC(=S)N1CC2(C)CC1CC(C)(C)C2. The Labute approximate surface area is 196 Å². The average Bonchev–Trinajstić information content (AvgIpc) is 2.97. The largest absolute Gasteiger partial charge is 0.379 e. The summed E-state index contributed by atoms with van der Waals surface area (Å²) < 4.78 is 32.7. The number of carbonyl (C=O) groups excluding carboxylic acids is 1. The molecule has 4 rings (SSSR count). The highest BCUT2D eigenvalue weighted by Gasteiger charge is 2.50. The summed E-state index contributed by atoms with van der Waals surface area (Å²) in [6.07, 6.45) is 3.27. The molecule has 2 atom stereocenters. The number of fused-ring (bicyclic) bond motifs is 2. The summed E-state index contributed by atoms with van der Waals surface area (Å²) in [4.78, 5) is 15.4. The summed E-state index contributed by atoms with van der Waals surface area (Å²) >= 11 is 5.64. The standard InChI is InChI=1S/C23H33N3O4S2/c1-16-5-6-18(32(28,29)25-7-9-30-10-8-25)11-19(16)20(27)24-21(31)26-15-23(4)13-17(26)12-22(2,3)14-23/h5-6,11,17H,7-10,12-15H2,1-4H3,(H,24,27,31). The van der Waals surface area contributed by atoms with Gasteiger partial charge in [-0.15, -0.1) is 0 Å². The summed E-state index contributed by atoms with van der Waals surface area (Å²) in [6.45, 7) is 10.9. The first kappa shape index (κ1) is 23.6. The highest BCUT2D eigenvalue weighted by atomic mass is 32.2. The Morgan fingerprint density at radius 2 is 1.88 bits per heavy atom. The van der Waals surface area contributed by atoms with Gasteiger partial charge >= 0.3 is 0 Å². The van der Waals surface area contributed by atoms with Crippen LogP contribution in [0.4, 0.5) is 0 Å². The lowest BCUT2D eigenvalue weighted by Gasteiger charge is -2.39. The van der Waals surface area contributed by atoms with Gasteiger partial charge in [-0.25, -0.2) is 8.42 Å². The number of likely N-dealkylation sites (tertiary alicyclic amines) is 1. The molecule has 7 nitrogen and oxygen atoms in total. The van der Waals surface area contributed by atoms with Gasteiger partial charge in [-0.05, 0) is 66.9 Å². The summed E-state index contributed by atoms with van der Waals surface area (Å²) in [6, 6.07) is 5.02. The van der Waals surface area contributed by atoms with Crippen LogP contribution in [0, 0.1) is 17.8 Å². The van der Waals surface area contributed by atoms with E-state index in [1.807, 2.05) is 0 Å². The first-order valence-corrected chi connectivity index (χ1v) is 13.1. The average molecular weight is 480 g/mol. The van der Waals surface area contributed by atoms with Crippen LogP contribution >= 0.6 is 12.2 Å². The minimum absolute atomic E-state index is 0.118. The van der Waals surface area contributed by atoms with E-state index in [2.05, 4.69) is 31.0 Å². The Kier molecular flexibility index (Phi) is 6.15. The quantitative estimate of drug-likeness (QED) is 0.672. The second kappa shape index (κ2) is 8.34. The predicted octanol–water partition coefficient (Wildman–Crippen LogP) is 2.93. The van der Waals surface area contributed by atoms with E-state index in [4.69, 9.17) is 17.0 Å². The molecule has 2 aliphatic heterocycles. The minimum Gasteiger partial charge on any atom is -0.379 e. The third-order valence-electron chi connectivity index (χ3n) is 6.96. The Morgan fingerprint density at radius 1 is 1.19 bits per heavy atom. The van der Waals surface area contributed by atoms with Crippen LogP contribution in [0.3, 0.4) is 0 Å². The predicted molar refractivity (Wildman–Crippen MR) is 127 cm³/mol. The van der Waals surface area contributed by atoms with Gasteiger partial charge in [0.15, 0.2) is 5.11 Å². The molecule has 1 saturated carbocycles. The van der Waals surface area contributed by atoms with Crippen molar-refractivity contribution in [1.82, 2.24) is 14.5 Å². The maximum Gasteiger partial charge on any atom is 0.257 e. The summed E-state index contributed by atoms with van der Waals surface area (Å²) in [5.74, 6) is -0.364. The van der Waals surface area contributed by atoms with Crippen LogP contribution in [0.1, 0.15) is 56.0 Å². The maximum absolute atomic E-state index is 13.1. The Hall–Kier alpha value is -1.55. The molecule has 9 heteroatoms. The Balaban J connectivity index is 1.51. The normalized spacial score (nSPS) is 27.9. The van der Waals surface area contributed by atoms with E-state index in [0.29, 0.717) is 48.6 Å². The number of hydrogen-bond donors (Lipinski definition) is 1. The van der Waals surface area contributed by atoms with Crippen molar-refractivity contribution in [2.45, 2.75) is 57.9 Å². The van der Waals surface area contributed by atoms with E-state index in [-0.39, 0.29) is 21.6 Å². The van der Waals surface area contributed by atoms with Crippen LogP contribution < -0.4 is 5.32 Å². The number of morpholine rings is 1. The van der Waals surface area contributed by atoms with Gasteiger partial charge in [0.2, 0.25) is 10.0 Å². The molecule has 32 heavy (non-hydrogen) atoms. The van der Waals surface area contributed by atoms with Gasteiger partial charge in [-0.2, -0.15) is 4.31 Å². The third-order valence-corrected chi connectivity index (χ3v) is 9.19. The highest BCUT2D eigenvalue weighted by Crippen LogP contribution is 2.52. The van der Waals surface area contributed by atoms with E-state index in [1.165, 1.54) is 10.4 Å². The van der Waals surface area contributed by atoms with Gasteiger partial charge in [-0.3, -0.25) is 10.1 Å². The molecule has 1 aromatic carbocycles. The summed E-state index contributed by atoms with van der Waals surface area (Å²) in [5.41, 5.74) is 1.49. The van der Waals surface area contributed by atoms with E-state index < -0.39 is 10.0 Å². The van der Waals surface area contributed by atoms with Gasteiger partial charge in [0.1, 0.15) is 0 Å². The second-order valence-electron chi connectivity index (χ2n) is 10.6. The number of sulfonamides is 1. The van der Waals surface area contributed by atoms with Crippen molar-refractivity contribution in [3.8, 4) is 0 Å². The number of hydrogen-bond acceptors (Lipinski definition) is 5. The fourth-order valence-corrected chi connectivity index (χ4v) is 7.62. The number of carbonyl (C=O) groups is 1. The molecule has 3 aliphatic rings. The summed E-state index contributed by atoms with van der Waals surface area (Å²) in [7, 11) is -3.68. The Morgan fingerprint density at radius 3 is 2.56 bits per heavy atom. The van der Waals surface area contributed by atoms with E-state index >= 15 is 0 Å². The smallest absolute Gasteiger partial charge is 0.257 e. The number of ether oxygens (including phenoxy) is 1. The number of nitrogens with one attached hydrogen (secondary N) is 1. The molecule has 176 valence electrons. The Bertz CT molecular complexity index is 1030. The van der Waals surface area contributed by atoms with Crippen molar-refractivity contribution < 1.29 is 17.9 Å². The van der Waals surface area contributed by atoms with Crippen molar-refractivity contribution in [3.63, 3.8) is 0 Å². The highest BCUT2D eigenvalue weighted by molar-refractivity contribution is 7.89. The van der Waals surface area contributed by atoms with E-state index in [1.54, 1.807) is 19.1 Å². The van der Waals surface area contributed by atoms with Crippen LogP contribution in [-0.2, 0) is 14.8 Å². The van der Waals surface area contributed by atoms with Crippen molar-refractivity contribution in [1.29, 1.82) is 0 Å². The van der Waals surface area contributed by atoms with Crippen molar-refractivity contribution >= 4 is 33.3 Å². The van der Waals surface area contributed by atoms with Gasteiger partial charge in [0.25, 0.3) is 5.91 Å². The first-order valence-electron chi connectivity index (χ1n) is 11.2. The topological polar surface area (TPSA) is 78.9 Å². The molecule has 0 aromatic heterocycles. The number of nitrogens with zero attached hydrogens (tertiary/aromatic N) is 2. The molecule has 1 N–H and O–H groups in total. The van der Waals surface area contributed by atoms with Crippen molar-refractivity contribution in [2.75, 3.05) is 32.8 Å². The molecule has 0 radical (unpaired) electrons. The molecule has 2 bridgehead atoms. The molecule has 1 aromatic rings. The molecule has 2 unspecified atom stereocenters. The minimum atomic E-state index is -3.68. The summed E-state index contributed by atoms with van der Waals surface area (Å²) in [5, 5.41) is 3.32.